The van der Waals surface area contributed by atoms with E-state index in [9.17, 15) is 9.59 Å². The van der Waals surface area contributed by atoms with Crippen LogP contribution in [-0.2, 0) is 14.9 Å². The van der Waals surface area contributed by atoms with Crippen LogP contribution < -0.4 is 4.74 Å². The summed E-state index contributed by atoms with van der Waals surface area (Å²) in [5.41, 5.74) is 0.872. The molecule has 0 atom stereocenters. The van der Waals surface area contributed by atoms with Crippen molar-refractivity contribution >= 4 is 11.9 Å². The fraction of sp³-hybridized carbons (Fsp3) is 0.300. The molecule has 24 heavy (non-hydrogen) atoms. The van der Waals surface area contributed by atoms with Crippen molar-refractivity contribution < 1.29 is 19.1 Å². The van der Waals surface area contributed by atoms with Crippen LogP contribution in [0.5, 0.6) is 5.75 Å². The summed E-state index contributed by atoms with van der Waals surface area (Å²) in [6.07, 6.45) is 3.64. The number of carbonyl (C=O) groups is 2. The highest BCUT2D eigenvalue weighted by atomic mass is 16.5. The number of esters is 2. The zero-order chi connectivity index (χ0) is 17.0. The Balaban J connectivity index is 1.81. The van der Waals surface area contributed by atoms with Crippen LogP contribution in [0.4, 0.5) is 0 Å². The lowest BCUT2D eigenvalue weighted by molar-refractivity contribution is -0.140. The standard InChI is InChI=1S/C20H20O4/c1-23-18(21)15-9-11-17(12-10-15)24-19(22)20(13-5-6-14-20)16-7-3-2-4-8-16/h2-4,7-12H,5-6,13-14H2,1H3. The number of carbonyl (C=O) groups excluding carboxylic acids is 2. The zero-order valence-electron chi connectivity index (χ0n) is 13.7. The second-order valence-electron chi connectivity index (χ2n) is 6.06. The molecule has 124 valence electrons. The van der Waals surface area contributed by atoms with Crippen LogP contribution in [0.3, 0.4) is 0 Å². The second-order valence-corrected chi connectivity index (χ2v) is 6.06. The second kappa shape index (κ2) is 6.87. The highest BCUT2D eigenvalue weighted by molar-refractivity contribution is 5.90. The molecule has 0 aliphatic heterocycles. The minimum Gasteiger partial charge on any atom is -0.465 e. The van der Waals surface area contributed by atoms with E-state index in [0.29, 0.717) is 11.3 Å². The van der Waals surface area contributed by atoms with Gasteiger partial charge in [-0.1, -0.05) is 43.2 Å². The van der Waals surface area contributed by atoms with Crippen molar-refractivity contribution in [1.29, 1.82) is 0 Å². The van der Waals surface area contributed by atoms with Crippen LogP contribution in [0.1, 0.15) is 41.6 Å². The first-order valence-electron chi connectivity index (χ1n) is 8.12. The van der Waals surface area contributed by atoms with Gasteiger partial charge in [0.1, 0.15) is 5.75 Å². The van der Waals surface area contributed by atoms with Gasteiger partial charge in [-0.2, -0.15) is 0 Å². The van der Waals surface area contributed by atoms with Gasteiger partial charge in [-0.25, -0.2) is 4.79 Å². The Bertz CT molecular complexity index is 713. The van der Waals surface area contributed by atoms with Crippen molar-refractivity contribution in [2.24, 2.45) is 0 Å². The van der Waals surface area contributed by atoms with Crippen LogP contribution in [0, 0.1) is 0 Å². The summed E-state index contributed by atoms with van der Waals surface area (Å²) in [4.78, 5) is 24.4. The molecule has 1 fully saturated rings. The molecule has 1 aliphatic carbocycles. The third-order valence-electron chi connectivity index (χ3n) is 4.66. The molecule has 0 saturated heterocycles. The highest BCUT2D eigenvalue weighted by Crippen LogP contribution is 2.42. The van der Waals surface area contributed by atoms with Crippen molar-refractivity contribution in [2.75, 3.05) is 7.11 Å². The fourth-order valence-corrected chi connectivity index (χ4v) is 3.33. The van der Waals surface area contributed by atoms with Gasteiger partial charge in [-0.05, 0) is 42.7 Å². The topological polar surface area (TPSA) is 52.6 Å². The van der Waals surface area contributed by atoms with E-state index in [1.165, 1.54) is 7.11 Å². The lowest BCUT2D eigenvalue weighted by Crippen LogP contribution is -2.36. The first kappa shape index (κ1) is 16.2. The number of benzene rings is 2. The lowest BCUT2D eigenvalue weighted by Gasteiger charge is -2.27. The minimum atomic E-state index is -0.567. The van der Waals surface area contributed by atoms with Crippen molar-refractivity contribution in [3.05, 3.63) is 65.7 Å². The largest absolute Gasteiger partial charge is 0.465 e. The maximum atomic E-state index is 12.9. The molecule has 2 aromatic carbocycles. The highest BCUT2D eigenvalue weighted by Gasteiger charge is 2.44. The third-order valence-corrected chi connectivity index (χ3v) is 4.66. The van der Waals surface area contributed by atoms with Crippen molar-refractivity contribution in [1.82, 2.24) is 0 Å². The van der Waals surface area contributed by atoms with Gasteiger partial charge in [0.2, 0.25) is 0 Å². The van der Waals surface area contributed by atoms with Crippen molar-refractivity contribution in [2.45, 2.75) is 31.1 Å². The van der Waals surface area contributed by atoms with Gasteiger partial charge >= 0.3 is 11.9 Å². The van der Waals surface area contributed by atoms with E-state index in [2.05, 4.69) is 4.74 Å². The van der Waals surface area contributed by atoms with E-state index in [4.69, 9.17) is 4.74 Å². The molecule has 0 N–H and O–H groups in total. The summed E-state index contributed by atoms with van der Waals surface area (Å²) < 4.78 is 10.3. The van der Waals surface area contributed by atoms with Gasteiger partial charge in [0, 0.05) is 0 Å². The summed E-state index contributed by atoms with van der Waals surface area (Å²) in [7, 11) is 1.33. The number of rotatable bonds is 4. The average molecular weight is 324 g/mol. The Morgan fingerprint density at radius 3 is 2.12 bits per heavy atom. The van der Waals surface area contributed by atoms with E-state index in [-0.39, 0.29) is 5.97 Å². The quantitative estimate of drug-likeness (QED) is 0.632. The molecule has 0 bridgehead atoms. The minimum absolute atomic E-state index is 0.225. The molecule has 0 aromatic heterocycles. The van der Waals surface area contributed by atoms with E-state index in [1.54, 1.807) is 24.3 Å². The molecule has 0 spiro atoms. The molecule has 0 unspecified atom stereocenters. The molecule has 0 amide bonds. The van der Waals surface area contributed by atoms with E-state index < -0.39 is 11.4 Å². The van der Waals surface area contributed by atoms with E-state index in [0.717, 1.165) is 31.2 Å². The molecular formula is C20H20O4. The molecule has 0 radical (unpaired) electrons. The monoisotopic (exact) mass is 324 g/mol. The molecule has 1 saturated carbocycles. The summed E-state index contributed by atoms with van der Waals surface area (Å²) in [5.74, 6) is -0.198. The maximum absolute atomic E-state index is 12.9. The van der Waals surface area contributed by atoms with Crippen LogP contribution in [0.15, 0.2) is 54.6 Å². The van der Waals surface area contributed by atoms with Crippen LogP contribution in [0.25, 0.3) is 0 Å². The molecule has 4 nitrogen and oxygen atoms in total. The Kier molecular flexibility index (Phi) is 4.65. The van der Waals surface area contributed by atoms with Crippen LogP contribution in [-0.4, -0.2) is 19.0 Å². The van der Waals surface area contributed by atoms with Gasteiger partial charge in [-0.3, -0.25) is 4.79 Å². The number of hydrogen-bond donors (Lipinski definition) is 0. The SMILES string of the molecule is COC(=O)c1ccc(OC(=O)C2(c3ccccc3)CCCC2)cc1. The molecule has 0 heterocycles. The Labute approximate surface area is 141 Å². The van der Waals surface area contributed by atoms with Gasteiger partial charge in [-0.15, -0.1) is 0 Å². The first-order chi connectivity index (χ1) is 11.7. The number of hydrogen-bond acceptors (Lipinski definition) is 4. The Morgan fingerprint density at radius 2 is 1.54 bits per heavy atom. The van der Waals surface area contributed by atoms with Gasteiger partial charge in [0.15, 0.2) is 0 Å². The summed E-state index contributed by atoms with van der Waals surface area (Å²) in [6, 6.07) is 16.3. The Hall–Kier alpha value is -2.62. The smallest absolute Gasteiger partial charge is 0.337 e. The Morgan fingerprint density at radius 1 is 0.917 bits per heavy atom. The van der Waals surface area contributed by atoms with Crippen molar-refractivity contribution in [3.63, 3.8) is 0 Å². The molecule has 4 heteroatoms. The molecule has 2 aromatic rings. The van der Waals surface area contributed by atoms with Crippen LogP contribution >= 0.6 is 0 Å². The number of methoxy groups -OCH3 is 1. The zero-order valence-corrected chi connectivity index (χ0v) is 13.7. The molecule has 3 rings (SSSR count). The summed E-state index contributed by atoms with van der Waals surface area (Å²) in [5, 5.41) is 0. The lowest BCUT2D eigenvalue weighted by atomic mass is 9.79. The van der Waals surface area contributed by atoms with Gasteiger partial charge < -0.3 is 9.47 Å². The third kappa shape index (κ3) is 3.04. The van der Waals surface area contributed by atoms with Crippen LogP contribution in [0.2, 0.25) is 0 Å². The normalized spacial score (nSPS) is 15.7. The van der Waals surface area contributed by atoms with Gasteiger partial charge in [0.25, 0.3) is 0 Å². The van der Waals surface area contributed by atoms with E-state index >= 15 is 0 Å². The summed E-state index contributed by atoms with van der Waals surface area (Å²) in [6.45, 7) is 0. The first-order valence-corrected chi connectivity index (χ1v) is 8.12. The summed E-state index contributed by atoms with van der Waals surface area (Å²) >= 11 is 0. The predicted molar refractivity (Wildman–Crippen MR) is 90.0 cm³/mol. The van der Waals surface area contributed by atoms with E-state index in [1.807, 2.05) is 30.3 Å². The maximum Gasteiger partial charge on any atom is 0.337 e. The average Bonchev–Trinajstić information content (AvgIpc) is 3.13. The predicted octanol–water partition coefficient (Wildman–Crippen LogP) is 3.89. The number of ether oxygens (including phenoxy) is 2. The van der Waals surface area contributed by atoms with Crippen molar-refractivity contribution in [3.8, 4) is 5.75 Å². The van der Waals surface area contributed by atoms with Gasteiger partial charge in [0.05, 0.1) is 18.1 Å². The molecular weight excluding hydrogens is 304 g/mol. The molecule has 1 aliphatic rings. The fourth-order valence-electron chi connectivity index (χ4n) is 3.33.